The molecule has 0 saturated carbocycles. The Morgan fingerprint density at radius 2 is 2.07 bits per heavy atom. The molecule has 0 bridgehead atoms. The van der Waals surface area contributed by atoms with Gasteiger partial charge >= 0.3 is 5.63 Å². The maximum Gasteiger partial charge on any atom is 0.347 e. The van der Waals surface area contributed by atoms with Gasteiger partial charge in [-0.2, -0.15) is 5.10 Å². The first kappa shape index (κ1) is 17.8. The quantitative estimate of drug-likeness (QED) is 0.541. The molecule has 0 saturated heterocycles. The van der Waals surface area contributed by atoms with Gasteiger partial charge in [-0.15, -0.1) is 0 Å². The highest BCUT2D eigenvalue weighted by Crippen LogP contribution is 2.23. The lowest BCUT2D eigenvalue weighted by Gasteiger charge is -2.09. The first-order valence-electron chi connectivity index (χ1n) is 8.84. The third kappa shape index (κ3) is 3.34. The number of aryl methyl sites for hydroxylation is 1. The number of carbonyl (C=O) groups is 1. The van der Waals surface area contributed by atoms with Crippen molar-refractivity contribution < 1.29 is 13.9 Å². The van der Waals surface area contributed by atoms with E-state index in [0.29, 0.717) is 23.0 Å². The average Bonchev–Trinajstić information content (AvgIpc) is 3.12. The lowest BCUT2D eigenvalue weighted by Crippen LogP contribution is -2.27. The van der Waals surface area contributed by atoms with Crippen LogP contribution >= 0.6 is 0 Å². The Morgan fingerprint density at radius 3 is 2.89 bits per heavy atom. The number of fused-ring (bicyclic) bond motifs is 3. The van der Waals surface area contributed by atoms with E-state index >= 15 is 0 Å². The van der Waals surface area contributed by atoms with Crippen LogP contribution in [0, 0.1) is 6.92 Å². The monoisotopic (exact) mass is 377 g/mol. The van der Waals surface area contributed by atoms with Crippen LogP contribution in [0.25, 0.3) is 21.9 Å². The summed E-state index contributed by atoms with van der Waals surface area (Å²) < 4.78 is 12.1. The number of aromatic nitrogens is 2. The lowest BCUT2D eigenvalue weighted by atomic mass is 10.1. The Kier molecular flexibility index (Phi) is 4.57. The molecule has 0 aliphatic carbocycles. The molecule has 0 aliphatic heterocycles. The van der Waals surface area contributed by atoms with E-state index in [2.05, 4.69) is 10.4 Å². The first-order valence-corrected chi connectivity index (χ1v) is 8.84. The van der Waals surface area contributed by atoms with Crippen molar-refractivity contribution in [1.82, 2.24) is 15.1 Å². The Bertz CT molecular complexity index is 1240. The summed E-state index contributed by atoms with van der Waals surface area (Å²) in [5.74, 6) is 0.528. The van der Waals surface area contributed by atoms with Gasteiger partial charge in [-0.05, 0) is 36.8 Å². The Balaban J connectivity index is 1.60. The van der Waals surface area contributed by atoms with Crippen LogP contribution in [0.4, 0.5) is 0 Å². The number of nitrogens with one attached hydrogen (secondary N) is 1. The van der Waals surface area contributed by atoms with E-state index in [1.807, 2.05) is 43.3 Å². The van der Waals surface area contributed by atoms with Crippen LogP contribution < -0.4 is 15.7 Å². The summed E-state index contributed by atoms with van der Waals surface area (Å²) in [7, 11) is 1.60. The summed E-state index contributed by atoms with van der Waals surface area (Å²) >= 11 is 0. The van der Waals surface area contributed by atoms with Gasteiger partial charge in [0.05, 0.1) is 18.8 Å². The topological polar surface area (TPSA) is 86.4 Å². The van der Waals surface area contributed by atoms with Crippen LogP contribution in [0.5, 0.6) is 5.75 Å². The fourth-order valence-electron chi connectivity index (χ4n) is 3.19. The molecule has 1 amide bonds. The van der Waals surface area contributed by atoms with Gasteiger partial charge in [-0.1, -0.05) is 23.8 Å². The Morgan fingerprint density at radius 1 is 1.21 bits per heavy atom. The fraction of sp³-hybridized carbons (Fsp3) is 0.190. The van der Waals surface area contributed by atoms with Gasteiger partial charge in [0.1, 0.15) is 23.3 Å². The van der Waals surface area contributed by atoms with E-state index in [1.165, 1.54) is 10.9 Å². The molecule has 4 aromatic rings. The second-order valence-electron chi connectivity index (χ2n) is 6.58. The van der Waals surface area contributed by atoms with E-state index in [1.54, 1.807) is 13.2 Å². The molecule has 0 spiro atoms. The van der Waals surface area contributed by atoms with Crippen LogP contribution in [0.2, 0.25) is 0 Å². The Hall–Kier alpha value is -3.61. The molecule has 4 rings (SSSR count). The van der Waals surface area contributed by atoms with Gasteiger partial charge in [0.2, 0.25) is 5.91 Å². The maximum atomic E-state index is 12.5. The minimum atomic E-state index is -0.464. The minimum absolute atomic E-state index is 0.0000360. The number of hydrogen-bond donors (Lipinski definition) is 1. The van der Waals surface area contributed by atoms with Crippen LogP contribution in [0.3, 0.4) is 0 Å². The van der Waals surface area contributed by atoms with E-state index in [9.17, 15) is 9.59 Å². The number of amides is 1. The van der Waals surface area contributed by atoms with Crippen molar-refractivity contribution in [2.75, 3.05) is 7.11 Å². The molecule has 2 aromatic carbocycles. The molecule has 1 N–H and O–H groups in total. The van der Waals surface area contributed by atoms with Gasteiger partial charge in [0, 0.05) is 11.9 Å². The molecule has 142 valence electrons. The standard InChI is InChI=1S/C21H19N3O4/c1-13-6-7-18-16(8-13)20-17(21(26)28-18)11-23-24(20)12-19(25)22-10-14-4-3-5-15(9-14)27-2/h3-9,11H,10,12H2,1-2H3,(H,22,25). The van der Waals surface area contributed by atoms with Crippen LogP contribution in [0.15, 0.2) is 57.9 Å². The number of carbonyl (C=O) groups excluding carboxylic acids is 1. The van der Waals surface area contributed by atoms with Crippen LogP contribution in [0.1, 0.15) is 11.1 Å². The minimum Gasteiger partial charge on any atom is -0.497 e. The Labute approximate surface area is 160 Å². The zero-order valence-electron chi connectivity index (χ0n) is 15.6. The van der Waals surface area contributed by atoms with Gasteiger partial charge in [-0.25, -0.2) is 4.79 Å². The number of benzene rings is 2. The van der Waals surface area contributed by atoms with E-state index < -0.39 is 5.63 Å². The molecule has 2 heterocycles. The summed E-state index contributed by atoms with van der Waals surface area (Å²) in [5, 5.41) is 8.22. The van der Waals surface area contributed by atoms with E-state index in [-0.39, 0.29) is 12.5 Å². The van der Waals surface area contributed by atoms with Gasteiger partial charge < -0.3 is 14.5 Å². The van der Waals surface area contributed by atoms with Gasteiger partial charge in [0.25, 0.3) is 0 Å². The second-order valence-corrected chi connectivity index (χ2v) is 6.58. The maximum absolute atomic E-state index is 12.5. The third-order valence-electron chi connectivity index (χ3n) is 4.57. The highest BCUT2D eigenvalue weighted by molar-refractivity contribution is 6.02. The molecule has 0 radical (unpaired) electrons. The summed E-state index contributed by atoms with van der Waals surface area (Å²) in [5.41, 5.74) is 2.57. The highest BCUT2D eigenvalue weighted by atomic mass is 16.5. The van der Waals surface area contributed by atoms with Gasteiger partial charge in [0.15, 0.2) is 0 Å². The molecule has 2 aromatic heterocycles. The van der Waals surface area contributed by atoms with Crippen molar-refractivity contribution in [3.63, 3.8) is 0 Å². The number of hydrogen-bond acceptors (Lipinski definition) is 5. The van der Waals surface area contributed by atoms with E-state index in [0.717, 1.165) is 22.3 Å². The SMILES string of the molecule is COc1cccc(CNC(=O)Cn2ncc3c(=O)oc4ccc(C)cc4c32)c1. The smallest absolute Gasteiger partial charge is 0.347 e. The molecule has 7 nitrogen and oxygen atoms in total. The molecule has 28 heavy (non-hydrogen) atoms. The molecule has 7 heteroatoms. The number of methoxy groups -OCH3 is 1. The third-order valence-corrected chi connectivity index (χ3v) is 4.57. The van der Waals surface area contributed by atoms with Crippen molar-refractivity contribution in [3.8, 4) is 5.75 Å². The highest BCUT2D eigenvalue weighted by Gasteiger charge is 2.15. The predicted molar refractivity (Wildman–Crippen MR) is 105 cm³/mol. The van der Waals surface area contributed by atoms with Crippen LogP contribution in [-0.4, -0.2) is 22.8 Å². The average molecular weight is 377 g/mol. The largest absolute Gasteiger partial charge is 0.497 e. The molecule has 0 unspecified atom stereocenters. The fourth-order valence-corrected chi connectivity index (χ4v) is 3.19. The normalized spacial score (nSPS) is 11.1. The van der Waals surface area contributed by atoms with Crippen molar-refractivity contribution in [3.05, 3.63) is 70.2 Å². The molecule has 0 atom stereocenters. The molecule has 0 aliphatic rings. The summed E-state index contributed by atoms with van der Waals surface area (Å²) in [6.07, 6.45) is 1.44. The van der Waals surface area contributed by atoms with Gasteiger partial charge in [-0.3, -0.25) is 9.48 Å². The van der Waals surface area contributed by atoms with Crippen LogP contribution in [-0.2, 0) is 17.9 Å². The van der Waals surface area contributed by atoms with Crippen molar-refractivity contribution in [1.29, 1.82) is 0 Å². The van der Waals surface area contributed by atoms with Crippen molar-refractivity contribution in [2.24, 2.45) is 0 Å². The number of rotatable bonds is 5. The molecule has 0 fully saturated rings. The zero-order chi connectivity index (χ0) is 19.7. The summed E-state index contributed by atoms with van der Waals surface area (Å²) in [6.45, 7) is 2.33. The number of ether oxygens (including phenoxy) is 1. The van der Waals surface area contributed by atoms with Crippen molar-refractivity contribution >= 4 is 27.8 Å². The number of nitrogens with zero attached hydrogens (tertiary/aromatic N) is 2. The second kappa shape index (κ2) is 7.19. The predicted octanol–water partition coefficient (Wildman–Crippen LogP) is 2.78. The summed E-state index contributed by atoms with van der Waals surface area (Å²) in [4.78, 5) is 24.7. The summed E-state index contributed by atoms with van der Waals surface area (Å²) in [6, 6.07) is 13.0. The van der Waals surface area contributed by atoms with E-state index in [4.69, 9.17) is 9.15 Å². The zero-order valence-corrected chi connectivity index (χ0v) is 15.6. The lowest BCUT2D eigenvalue weighted by molar-refractivity contribution is -0.121. The molecular formula is C21H19N3O4. The first-order chi connectivity index (χ1) is 13.5. The van der Waals surface area contributed by atoms with Crippen molar-refractivity contribution in [2.45, 2.75) is 20.0 Å². The molecular weight excluding hydrogens is 358 g/mol.